The number of carbonyl (C=O) groups excluding carboxylic acids is 3. The zero-order valence-electron chi connectivity index (χ0n) is 15.8. The molecule has 3 aromatic rings. The zero-order valence-corrected chi connectivity index (χ0v) is 16.6. The van der Waals surface area contributed by atoms with E-state index in [2.05, 4.69) is 15.8 Å². The van der Waals surface area contributed by atoms with Gasteiger partial charge in [0.25, 0.3) is 5.91 Å². The Balaban J connectivity index is 1.61. The van der Waals surface area contributed by atoms with E-state index < -0.39 is 40.1 Å². The van der Waals surface area contributed by atoms with Crippen LogP contribution in [-0.2, 0) is 16.5 Å². The lowest BCUT2D eigenvalue weighted by atomic mass is 9.89. The third-order valence-corrected chi connectivity index (χ3v) is 5.36. The molecule has 0 radical (unpaired) electrons. The van der Waals surface area contributed by atoms with Crippen molar-refractivity contribution in [3.63, 3.8) is 0 Å². The number of nitrogens with zero attached hydrogens (tertiary/aromatic N) is 2. The minimum absolute atomic E-state index is 0.139. The van der Waals surface area contributed by atoms with Gasteiger partial charge in [0.05, 0.1) is 10.6 Å². The summed E-state index contributed by atoms with van der Waals surface area (Å²) in [6.07, 6.45) is -2.39. The molecule has 0 bridgehead atoms. The molecule has 1 saturated heterocycles. The smallest absolute Gasteiger partial charge is 0.361 e. The zero-order chi connectivity index (χ0) is 22.6. The molecule has 1 aliphatic heterocycles. The Morgan fingerprint density at radius 2 is 1.90 bits per heavy atom. The van der Waals surface area contributed by atoms with Crippen LogP contribution in [0.4, 0.5) is 18.0 Å². The van der Waals surface area contributed by atoms with Crippen molar-refractivity contribution < 1.29 is 32.1 Å². The number of benzene rings is 1. The van der Waals surface area contributed by atoms with Gasteiger partial charge >= 0.3 is 12.2 Å². The van der Waals surface area contributed by atoms with Gasteiger partial charge in [-0.05, 0) is 25.5 Å². The van der Waals surface area contributed by atoms with E-state index in [-0.39, 0.29) is 23.9 Å². The van der Waals surface area contributed by atoms with E-state index in [0.717, 1.165) is 16.7 Å². The maximum Gasteiger partial charge on any atom is 0.417 e. The summed E-state index contributed by atoms with van der Waals surface area (Å²) in [6, 6.07) is 2.74. The molecule has 8 nitrogen and oxygen atoms in total. The fourth-order valence-electron chi connectivity index (χ4n) is 3.49. The molecule has 0 aliphatic carbocycles. The van der Waals surface area contributed by atoms with Crippen LogP contribution < -0.4 is 10.6 Å². The van der Waals surface area contributed by atoms with Crippen LogP contribution in [0, 0.1) is 6.92 Å². The molecule has 162 valence electrons. The van der Waals surface area contributed by atoms with E-state index in [4.69, 9.17) is 16.1 Å². The molecule has 4 rings (SSSR count). The number of aryl methyl sites for hydroxylation is 1. The van der Waals surface area contributed by atoms with E-state index in [1.807, 2.05) is 0 Å². The van der Waals surface area contributed by atoms with Gasteiger partial charge in [0, 0.05) is 35.7 Å². The summed E-state index contributed by atoms with van der Waals surface area (Å²) in [5.41, 5.74) is -2.46. The topological polar surface area (TPSA) is 106 Å². The van der Waals surface area contributed by atoms with Gasteiger partial charge in [-0.1, -0.05) is 16.8 Å². The van der Waals surface area contributed by atoms with E-state index in [9.17, 15) is 27.6 Å². The van der Waals surface area contributed by atoms with Crippen molar-refractivity contribution in [2.45, 2.75) is 31.5 Å². The quantitative estimate of drug-likeness (QED) is 0.584. The fourth-order valence-corrected chi connectivity index (χ4v) is 3.77. The number of imide groups is 1. The molecule has 2 N–H and O–H groups in total. The van der Waals surface area contributed by atoms with Crippen LogP contribution in [0.2, 0.25) is 5.02 Å². The second kappa shape index (κ2) is 7.12. The highest BCUT2D eigenvalue weighted by molar-refractivity contribution is 6.32. The van der Waals surface area contributed by atoms with Crippen LogP contribution in [0.25, 0.3) is 10.8 Å². The lowest BCUT2D eigenvalue weighted by molar-refractivity contribution is -0.137. The number of hydrogen-bond acceptors (Lipinski definition) is 5. The molecule has 0 saturated carbocycles. The van der Waals surface area contributed by atoms with Crippen LogP contribution in [0.3, 0.4) is 0 Å². The highest BCUT2D eigenvalue weighted by Crippen LogP contribution is 2.37. The third kappa shape index (κ3) is 3.65. The highest BCUT2D eigenvalue weighted by Gasteiger charge is 2.50. The molecule has 12 heteroatoms. The first-order valence-corrected chi connectivity index (χ1v) is 9.36. The van der Waals surface area contributed by atoms with Crippen LogP contribution in [-0.4, -0.2) is 27.6 Å². The summed E-state index contributed by atoms with van der Waals surface area (Å²) in [5, 5.41) is 8.45. The molecule has 1 unspecified atom stereocenters. The monoisotopic (exact) mass is 454 g/mol. The highest BCUT2D eigenvalue weighted by atomic mass is 35.5. The van der Waals surface area contributed by atoms with Gasteiger partial charge in [0.2, 0.25) is 5.91 Å². The summed E-state index contributed by atoms with van der Waals surface area (Å²) >= 11 is 5.73. The van der Waals surface area contributed by atoms with Crippen molar-refractivity contribution in [3.8, 4) is 0 Å². The number of carbonyl (C=O) groups is 3. The predicted octanol–water partition coefficient (Wildman–Crippen LogP) is 3.77. The molecule has 1 aromatic carbocycles. The Bertz CT molecular complexity index is 1230. The third-order valence-electron chi connectivity index (χ3n) is 5.04. The van der Waals surface area contributed by atoms with Gasteiger partial charge in [-0.3, -0.25) is 19.5 Å². The maximum atomic E-state index is 13.1. The minimum atomic E-state index is -4.63. The Morgan fingerprint density at radius 3 is 2.45 bits per heavy atom. The molecule has 3 amide bonds. The standard InChI is InChI=1S/C19H14ClF3N4O4/c1-9-4-14(26-31-9)18(16(29)24-17(30)25-18)3-2-15(28)27-7-10-5-12(19(21,22)23)13(20)6-11(10)8-27/h4-8H,2-3H2,1H3,(H2,24,25,29,30). The second-order valence-electron chi connectivity index (χ2n) is 7.15. The number of amides is 3. The van der Waals surface area contributed by atoms with Crippen molar-refractivity contribution in [2.75, 3.05) is 0 Å². The largest absolute Gasteiger partial charge is 0.417 e. The Hall–Kier alpha value is -3.34. The van der Waals surface area contributed by atoms with Crippen LogP contribution in [0.15, 0.2) is 35.1 Å². The van der Waals surface area contributed by atoms with Gasteiger partial charge in [-0.15, -0.1) is 0 Å². The van der Waals surface area contributed by atoms with Crippen molar-refractivity contribution in [1.82, 2.24) is 20.4 Å². The summed E-state index contributed by atoms with van der Waals surface area (Å²) in [5.74, 6) is -0.782. The summed E-state index contributed by atoms with van der Waals surface area (Å²) < 4.78 is 45.3. The first-order chi connectivity index (χ1) is 14.5. The van der Waals surface area contributed by atoms with Crippen LogP contribution >= 0.6 is 11.6 Å². The predicted molar refractivity (Wildman–Crippen MR) is 101 cm³/mol. The molecular weight excluding hydrogens is 441 g/mol. The van der Waals surface area contributed by atoms with Crippen molar-refractivity contribution >= 4 is 40.2 Å². The number of rotatable bonds is 4. The lowest BCUT2D eigenvalue weighted by Crippen LogP contribution is -2.44. The van der Waals surface area contributed by atoms with Gasteiger partial charge in [-0.2, -0.15) is 13.2 Å². The fraction of sp³-hybridized carbons (Fsp3) is 0.263. The number of urea groups is 1. The number of halogens is 4. The molecule has 3 heterocycles. The average Bonchev–Trinajstić information content (AvgIpc) is 3.35. The van der Waals surface area contributed by atoms with Crippen LogP contribution in [0.1, 0.15) is 34.7 Å². The Kier molecular flexibility index (Phi) is 4.80. The molecule has 0 spiro atoms. The van der Waals surface area contributed by atoms with Gasteiger partial charge in [-0.25, -0.2) is 4.79 Å². The van der Waals surface area contributed by atoms with Crippen LogP contribution in [0.5, 0.6) is 0 Å². The summed E-state index contributed by atoms with van der Waals surface area (Å²) in [4.78, 5) is 36.9. The SMILES string of the molecule is Cc1cc(C2(CCC(=O)n3cc4cc(Cl)c(C(F)(F)F)cc4c3)NC(=O)NC2=O)no1. The molecular formula is C19H14ClF3N4O4. The summed E-state index contributed by atoms with van der Waals surface area (Å²) in [7, 11) is 0. The first-order valence-electron chi connectivity index (χ1n) is 8.99. The number of hydrogen-bond donors (Lipinski definition) is 2. The van der Waals surface area contributed by atoms with E-state index >= 15 is 0 Å². The Labute approximate surface area is 177 Å². The number of fused-ring (bicyclic) bond motifs is 1. The molecule has 1 atom stereocenters. The normalized spacial score (nSPS) is 19.0. The van der Waals surface area contributed by atoms with E-state index in [1.54, 1.807) is 6.92 Å². The number of aromatic nitrogens is 2. The van der Waals surface area contributed by atoms with Crippen molar-refractivity contribution in [3.05, 3.63) is 52.6 Å². The maximum absolute atomic E-state index is 13.1. The second-order valence-corrected chi connectivity index (χ2v) is 7.56. The average molecular weight is 455 g/mol. The molecule has 2 aromatic heterocycles. The lowest BCUT2D eigenvalue weighted by Gasteiger charge is -2.22. The van der Waals surface area contributed by atoms with Gasteiger partial charge in [0.1, 0.15) is 11.5 Å². The summed E-state index contributed by atoms with van der Waals surface area (Å²) in [6.45, 7) is 1.61. The van der Waals surface area contributed by atoms with Gasteiger partial charge in [0.15, 0.2) is 5.54 Å². The van der Waals surface area contributed by atoms with E-state index in [0.29, 0.717) is 11.1 Å². The molecule has 1 fully saturated rings. The minimum Gasteiger partial charge on any atom is -0.361 e. The number of nitrogens with one attached hydrogen (secondary N) is 2. The first kappa shape index (κ1) is 20.9. The number of alkyl halides is 3. The Morgan fingerprint density at radius 1 is 1.23 bits per heavy atom. The van der Waals surface area contributed by atoms with Gasteiger partial charge < -0.3 is 9.84 Å². The van der Waals surface area contributed by atoms with E-state index in [1.165, 1.54) is 18.5 Å². The van der Waals surface area contributed by atoms with Crippen molar-refractivity contribution in [1.29, 1.82) is 0 Å². The van der Waals surface area contributed by atoms with Crippen molar-refractivity contribution in [2.24, 2.45) is 0 Å². The molecule has 1 aliphatic rings. The molecule has 31 heavy (non-hydrogen) atoms.